The molecule has 0 bridgehead atoms. The van der Waals surface area contributed by atoms with Gasteiger partial charge in [-0.25, -0.2) is 0 Å². The van der Waals surface area contributed by atoms with E-state index < -0.39 is 5.54 Å². The van der Waals surface area contributed by atoms with Crippen LogP contribution in [0.25, 0.3) is 0 Å². The highest BCUT2D eigenvalue weighted by Gasteiger charge is 2.53. The molecule has 0 amide bonds. The van der Waals surface area contributed by atoms with Crippen molar-refractivity contribution in [2.24, 2.45) is 5.41 Å². The van der Waals surface area contributed by atoms with E-state index in [2.05, 4.69) is 19.2 Å². The minimum atomic E-state index is -0.550. The Kier molecular flexibility index (Phi) is 4.51. The van der Waals surface area contributed by atoms with Crippen molar-refractivity contribution in [3.63, 3.8) is 0 Å². The normalized spacial score (nSPS) is 34.2. The first-order chi connectivity index (χ1) is 9.02. The quantitative estimate of drug-likeness (QED) is 0.795. The lowest BCUT2D eigenvalue weighted by Crippen LogP contribution is -2.64. The molecule has 1 aliphatic heterocycles. The molecule has 1 saturated heterocycles. The van der Waals surface area contributed by atoms with E-state index in [9.17, 15) is 4.79 Å². The predicted octanol–water partition coefficient (Wildman–Crippen LogP) is 2.27. The third-order valence-corrected chi connectivity index (χ3v) is 4.95. The molecular formula is C15H27NO3. The molecule has 2 atom stereocenters. The lowest BCUT2D eigenvalue weighted by atomic mass is 9.63. The van der Waals surface area contributed by atoms with Crippen LogP contribution in [0.3, 0.4) is 0 Å². The molecule has 4 nitrogen and oxygen atoms in total. The van der Waals surface area contributed by atoms with Gasteiger partial charge in [0, 0.05) is 13.2 Å². The van der Waals surface area contributed by atoms with E-state index in [1.165, 1.54) is 13.5 Å². The third-order valence-electron chi connectivity index (χ3n) is 4.95. The molecule has 0 spiro atoms. The number of methoxy groups -OCH3 is 1. The van der Waals surface area contributed by atoms with Gasteiger partial charge in [0.25, 0.3) is 0 Å². The van der Waals surface area contributed by atoms with Gasteiger partial charge < -0.3 is 9.47 Å². The molecule has 0 aromatic heterocycles. The van der Waals surface area contributed by atoms with E-state index in [-0.39, 0.29) is 17.5 Å². The number of nitrogens with one attached hydrogen (secondary N) is 1. The number of carbonyl (C=O) groups excluding carboxylic acids is 1. The number of esters is 1. The molecule has 1 heterocycles. The van der Waals surface area contributed by atoms with E-state index in [0.717, 1.165) is 45.3 Å². The molecule has 2 unspecified atom stereocenters. The van der Waals surface area contributed by atoms with Crippen LogP contribution < -0.4 is 5.32 Å². The number of hydrogen-bond acceptors (Lipinski definition) is 4. The lowest BCUT2D eigenvalue weighted by molar-refractivity contribution is -0.157. The van der Waals surface area contributed by atoms with Crippen molar-refractivity contribution in [3.05, 3.63) is 0 Å². The molecule has 1 aliphatic carbocycles. The van der Waals surface area contributed by atoms with Gasteiger partial charge in [0.1, 0.15) is 5.54 Å². The van der Waals surface area contributed by atoms with E-state index in [4.69, 9.17) is 9.47 Å². The first-order valence-corrected chi connectivity index (χ1v) is 7.47. The molecule has 1 N–H and O–H groups in total. The summed E-state index contributed by atoms with van der Waals surface area (Å²) in [6.07, 6.45) is 6.65. The van der Waals surface area contributed by atoms with Crippen LogP contribution in [0.5, 0.6) is 0 Å². The SMILES string of the molecule is COC(=O)C1(NCC2CCCO2)CCCCC1(C)C. The Morgan fingerprint density at radius 3 is 2.63 bits per heavy atom. The fraction of sp³-hybridized carbons (Fsp3) is 0.933. The monoisotopic (exact) mass is 269 g/mol. The summed E-state index contributed by atoms with van der Waals surface area (Å²) >= 11 is 0. The standard InChI is InChI=1S/C15H27NO3/c1-14(2)8-4-5-9-15(14,13(17)18-3)16-11-12-7-6-10-19-12/h12,16H,4-11H2,1-3H3. The number of hydrogen-bond donors (Lipinski definition) is 1. The minimum absolute atomic E-state index is 0.0725. The Labute approximate surface area is 116 Å². The van der Waals surface area contributed by atoms with Crippen molar-refractivity contribution in [2.45, 2.75) is 64.0 Å². The number of carbonyl (C=O) groups is 1. The van der Waals surface area contributed by atoms with Crippen LogP contribution in [0, 0.1) is 5.41 Å². The van der Waals surface area contributed by atoms with Crippen LogP contribution >= 0.6 is 0 Å². The van der Waals surface area contributed by atoms with Gasteiger partial charge in [0.15, 0.2) is 0 Å². The first kappa shape index (κ1) is 14.8. The van der Waals surface area contributed by atoms with E-state index in [1.807, 2.05) is 0 Å². The Hall–Kier alpha value is -0.610. The predicted molar refractivity (Wildman–Crippen MR) is 74.0 cm³/mol. The summed E-state index contributed by atoms with van der Waals surface area (Å²) in [7, 11) is 1.49. The average molecular weight is 269 g/mol. The van der Waals surface area contributed by atoms with Gasteiger partial charge in [-0.3, -0.25) is 10.1 Å². The third kappa shape index (κ3) is 2.79. The maximum atomic E-state index is 12.4. The van der Waals surface area contributed by atoms with E-state index in [0.29, 0.717) is 0 Å². The Morgan fingerprint density at radius 2 is 2.05 bits per heavy atom. The topological polar surface area (TPSA) is 47.6 Å². The Morgan fingerprint density at radius 1 is 1.32 bits per heavy atom. The molecular weight excluding hydrogens is 242 g/mol. The van der Waals surface area contributed by atoms with Crippen LogP contribution in [0.15, 0.2) is 0 Å². The van der Waals surface area contributed by atoms with Crippen molar-refractivity contribution in [2.75, 3.05) is 20.3 Å². The maximum Gasteiger partial charge on any atom is 0.326 e. The summed E-state index contributed by atoms with van der Waals surface area (Å²) in [5.41, 5.74) is -0.622. The number of rotatable bonds is 4. The molecule has 1 saturated carbocycles. The smallest absolute Gasteiger partial charge is 0.326 e. The first-order valence-electron chi connectivity index (χ1n) is 7.47. The van der Waals surface area contributed by atoms with Crippen molar-refractivity contribution in [1.82, 2.24) is 5.32 Å². The average Bonchev–Trinajstić information content (AvgIpc) is 2.89. The summed E-state index contributed by atoms with van der Waals surface area (Å²) < 4.78 is 10.8. The summed E-state index contributed by atoms with van der Waals surface area (Å²) in [5, 5.41) is 3.52. The van der Waals surface area contributed by atoms with Gasteiger partial charge in [-0.05, 0) is 31.1 Å². The van der Waals surface area contributed by atoms with Crippen LogP contribution in [0.1, 0.15) is 52.4 Å². The summed E-state index contributed by atoms with van der Waals surface area (Å²) in [5.74, 6) is -0.116. The van der Waals surface area contributed by atoms with Crippen LogP contribution in [-0.2, 0) is 14.3 Å². The van der Waals surface area contributed by atoms with Crippen molar-refractivity contribution >= 4 is 5.97 Å². The molecule has 4 heteroatoms. The fourth-order valence-corrected chi connectivity index (χ4v) is 3.55. The molecule has 0 aromatic carbocycles. The van der Waals surface area contributed by atoms with E-state index >= 15 is 0 Å². The number of ether oxygens (including phenoxy) is 2. The van der Waals surface area contributed by atoms with Crippen molar-refractivity contribution in [3.8, 4) is 0 Å². The molecule has 19 heavy (non-hydrogen) atoms. The molecule has 0 radical (unpaired) electrons. The maximum absolute atomic E-state index is 12.4. The second-order valence-corrected chi connectivity index (χ2v) is 6.50. The van der Waals surface area contributed by atoms with Crippen LogP contribution in [0.4, 0.5) is 0 Å². The van der Waals surface area contributed by atoms with E-state index in [1.54, 1.807) is 0 Å². The van der Waals surface area contributed by atoms with Gasteiger partial charge in [0.05, 0.1) is 13.2 Å². The second kappa shape index (κ2) is 5.80. The zero-order valence-electron chi connectivity index (χ0n) is 12.5. The molecule has 2 fully saturated rings. The molecule has 110 valence electrons. The summed E-state index contributed by atoms with van der Waals surface area (Å²) in [6, 6.07) is 0. The van der Waals surface area contributed by atoms with Crippen LogP contribution in [0.2, 0.25) is 0 Å². The highest BCUT2D eigenvalue weighted by atomic mass is 16.5. The Bertz CT molecular complexity index is 323. The van der Waals surface area contributed by atoms with Gasteiger partial charge in [-0.1, -0.05) is 26.7 Å². The highest BCUT2D eigenvalue weighted by molar-refractivity contribution is 5.82. The van der Waals surface area contributed by atoms with Gasteiger partial charge in [-0.15, -0.1) is 0 Å². The Balaban J connectivity index is 2.11. The zero-order chi connectivity index (χ0) is 13.9. The largest absolute Gasteiger partial charge is 0.468 e. The molecule has 2 aliphatic rings. The van der Waals surface area contributed by atoms with Gasteiger partial charge >= 0.3 is 5.97 Å². The van der Waals surface area contributed by atoms with Gasteiger partial charge in [0.2, 0.25) is 0 Å². The molecule has 2 rings (SSSR count). The van der Waals surface area contributed by atoms with Gasteiger partial charge in [-0.2, -0.15) is 0 Å². The van der Waals surface area contributed by atoms with Crippen molar-refractivity contribution in [1.29, 1.82) is 0 Å². The summed E-state index contributed by atoms with van der Waals surface area (Å²) in [6.45, 7) is 5.94. The lowest BCUT2D eigenvalue weighted by Gasteiger charge is -2.48. The fourth-order valence-electron chi connectivity index (χ4n) is 3.55. The molecule has 0 aromatic rings. The second-order valence-electron chi connectivity index (χ2n) is 6.50. The minimum Gasteiger partial charge on any atom is -0.468 e. The van der Waals surface area contributed by atoms with Crippen molar-refractivity contribution < 1.29 is 14.3 Å². The highest BCUT2D eigenvalue weighted by Crippen LogP contribution is 2.44. The van der Waals surface area contributed by atoms with Crippen LogP contribution in [-0.4, -0.2) is 37.9 Å². The zero-order valence-corrected chi connectivity index (χ0v) is 12.5. The summed E-state index contributed by atoms with van der Waals surface area (Å²) in [4.78, 5) is 12.4.